The van der Waals surface area contributed by atoms with Crippen molar-refractivity contribution < 1.29 is 0 Å². The second kappa shape index (κ2) is 9.37. The van der Waals surface area contributed by atoms with E-state index < -0.39 is 0 Å². The maximum absolute atomic E-state index is 5.83. The molecule has 1 rings (SSSR count). The number of nitrogen functional groups attached to an aromatic ring is 1. The number of anilines is 3. The first-order valence-corrected chi connectivity index (χ1v) is 8.17. The van der Waals surface area contributed by atoms with Crippen molar-refractivity contribution in [1.29, 1.82) is 0 Å². The van der Waals surface area contributed by atoms with E-state index in [9.17, 15) is 0 Å². The summed E-state index contributed by atoms with van der Waals surface area (Å²) >= 11 is 0. The van der Waals surface area contributed by atoms with Crippen LogP contribution in [0.15, 0.2) is 0 Å². The smallest absolute Gasteiger partial charge is 0.231 e. The lowest BCUT2D eigenvalue weighted by molar-refractivity contribution is 0.560. The molecule has 6 heteroatoms. The molecule has 1 unspecified atom stereocenters. The molecular formula is C15H30N6. The molecule has 0 saturated heterocycles. The standard InChI is InChI=1S/C15H30N6/c1-5-9-11-12(10-6-2)17-14-18-13(16)19-15(20-14)21(7-3)8-4/h12H,5-11H2,1-4H3,(H3,16,17,18,19,20). The molecule has 0 radical (unpaired) electrons. The van der Waals surface area contributed by atoms with Crippen LogP contribution in [0.25, 0.3) is 0 Å². The molecule has 1 heterocycles. The minimum atomic E-state index is 0.278. The summed E-state index contributed by atoms with van der Waals surface area (Å²) in [5.74, 6) is 1.53. The predicted octanol–water partition coefficient (Wildman–Crippen LogP) is 3.07. The normalized spacial score (nSPS) is 12.2. The highest BCUT2D eigenvalue weighted by Gasteiger charge is 2.13. The maximum Gasteiger partial charge on any atom is 0.231 e. The van der Waals surface area contributed by atoms with Crippen LogP contribution >= 0.6 is 0 Å². The van der Waals surface area contributed by atoms with Crippen molar-refractivity contribution in [2.75, 3.05) is 29.0 Å². The highest BCUT2D eigenvalue weighted by Crippen LogP contribution is 2.16. The number of aromatic nitrogens is 3. The molecule has 0 aliphatic carbocycles. The molecule has 0 bridgehead atoms. The third kappa shape index (κ3) is 5.73. The minimum absolute atomic E-state index is 0.278. The first-order chi connectivity index (χ1) is 10.1. The van der Waals surface area contributed by atoms with Crippen molar-refractivity contribution in [1.82, 2.24) is 15.0 Å². The molecule has 0 aliphatic rings. The summed E-state index contributed by atoms with van der Waals surface area (Å²) in [6.07, 6.45) is 5.81. The molecule has 1 atom stereocenters. The molecule has 0 saturated carbocycles. The third-order valence-electron chi connectivity index (χ3n) is 3.56. The van der Waals surface area contributed by atoms with Gasteiger partial charge in [-0.05, 0) is 26.7 Å². The van der Waals surface area contributed by atoms with Gasteiger partial charge in [-0.25, -0.2) is 0 Å². The summed E-state index contributed by atoms with van der Waals surface area (Å²) < 4.78 is 0. The van der Waals surface area contributed by atoms with Crippen LogP contribution in [0.2, 0.25) is 0 Å². The van der Waals surface area contributed by atoms with Gasteiger partial charge >= 0.3 is 0 Å². The zero-order valence-electron chi connectivity index (χ0n) is 13.9. The second-order valence-electron chi connectivity index (χ2n) is 5.26. The van der Waals surface area contributed by atoms with Crippen LogP contribution in [-0.4, -0.2) is 34.1 Å². The summed E-state index contributed by atoms with van der Waals surface area (Å²) in [6.45, 7) is 10.3. The fourth-order valence-electron chi connectivity index (χ4n) is 2.36. The Morgan fingerprint density at radius 1 is 1.00 bits per heavy atom. The number of nitrogens with two attached hydrogens (primary N) is 1. The van der Waals surface area contributed by atoms with Crippen LogP contribution in [0.4, 0.5) is 17.8 Å². The first kappa shape index (κ1) is 17.5. The van der Waals surface area contributed by atoms with Crippen LogP contribution < -0.4 is 16.0 Å². The molecule has 0 aliphatic heterocycles. The van der Waals surface area contributed by atoms with E-state index in [4.69, 9.17) is 5.73 Å². The van der Waals surface area contributed by atoms with Crippen molar-refractivity contribution in [3.05, 3.63) is 0 Å². The Labute approximate surface area is 128 Å². The summed E-state index contributed by atoms with van der Waals surface area (Å²) in [5.41, 5.74) is 5.83. The molecule has 0 amide bonds. The average molecular weight is 294 g/mol. The Hall–Kier alpha value is -1.59. The molecule has 0 spiro atoms. The topological polar surface area (TPSA) is 80.0 Å². The number of nitrogens with one attached hydrogen (secondary N) is 1. The molecular weight excluding hydrogens is 264 g/mol. The van der Waals surface area contributed by atoms with E-state index in [-0.39, 0.29) is 5.95 Å². The zero-order chi connectivity index (χ0) is 15.7. The van der Waals surface area contributed by atoms with Crippen LogP contribution in [0.5, 0.6) is 0 Å². The van der Waals surface area contributed by atoms with Crippen molar-refractivity contribution in [3.8, 4) is 0 Å². The zero-order valence-corrected chi connectivity index (χ0v) is 13.9. The maximum atomic E-state index is 5.83. The monoisotopic (exact) mass is 294 g/mol. The van der Waals surface area contributed by atoms with Crippen molar-refractivity contribution in [2.24, 2.45) is 0 Å². The van der Waals surface area contributed by atoms with E-state index in [1.54, 1.807) is 0 Å². The molecule has 21 heavy (non-hydrogen) atoms. The van der Waals surface area contributed by atoms with E-state index in [0.717, 1.165) is 32.4 Å². The van der Waals surface area contributed by atoms with Crippen molar-refractivity contribution in [2.45, 2.75) is 65.8 Å². The van der Waals surface area contributed by atoms with Crippen LogP contribution in [-0.2, 0) is 0 Å². The molecule has 120 valence electrons. The predicted molar refractivity (Wildman–Crippen MR) is 89.6 cm³/mol. The van der Waals surface area contributed by atoms with Crippen LogP contribution in [0.3, 0.4) is 0 Å². The molecule has 0 fully saturated rings. The molecule has 1 aromatic heterocycles. The van der Waals surface area contributed by atoms with Gasteiger partial charge in [-0.1, -0.05) is 33.1 Å². The van der Waals surface area contributed by atoms with Gasteiger partial charge in [0.1, 0.15) is 0 Å². The number of unbranched alkanes of at least 4 members (excludes halogenated alkanes) is 1. The van der Waals surface area contributed by atoms with Gasteiger partial charge in [0.15, 0.2) is 0 Å². The summed E-state index contributed by atoms with van der Waals surface area (Å²) in [5, 5.41) is 3.43. The Bertz CT molecular complexity index is 405. The highest BCUT2D eigenvalue weighted by atomic mass is 15.3. The Morgan fingerprint density at radius 3 is 2.29 bits per heavy atom. The third-order valence-corrected chi connectivity index (χ3v) is 3.56. The van der Waals surface area contributed by atoms with Gasteiger partial charge in [-0.3, -0.25) is 0 Å². The lowest BCUT2D eigenvalue weighted by Crippen LogP contribution is -2.27. The van der Waals surface area contributed by atoms with Crippen molar-refractivity contribution >= 4 is 17.8 Å². The Kier molecular flexibility index (Phi) is 7.79. The van der Waals surface area contributed by atoms with E-state index in [1.165, 1.54) is 12.8 Å². The Morgan fingerprint density at radius 2 is 1.71 bits per heavy atom. The van der Waals surface area contributed by atoms with Gasteiger partial charge in [0.05, 0.1) is 0 Å². The summed E-state index contributed by atoms with van der Waals surface area (Å²) in [4.78, 5) is 15.1. The van der Waals surface area contributed by atoms with Gasteiger partial charge in [0.25, 0.3) is 0 Å². The van der Waals surface area contributed by atoms with Crippen LogP contribution in [0.1, 0.15) is 59.8 Å². The van der Waals surface area contributed by atoms with Gasteiger partial charge in [-0.15, -0.1) is 0 Å². The summed E-state index contributed by atoms with van der Waals surface area (Å²) in [6, 6.07) is 0.404. The van der Waals surface area contributed by atoms with Gasteiger partial charge in [-0.2, -0.15) is 15.0 Å². The quantitative estimate of drug-likeness (QED) is 0.690. The Balaban J connectivity index is 2.85. The largest absolute Gasteiger partial charge is 0.368 e. The van der Waals surface area contributed by atoms with Gasteiger partial charge in [0.2, 0.25) is 17.8 Å². The van der Waals surface area contributed by atoms with Crippen LogP contribution in [0, 0.1) is 0 Å². The van der Waals surface area contributed by atoms with E-state index in [2.05, 4.69) is 52.9 Å². The second-order valence-corrected chi connectivity index (χ2v) is 5.26. The fraction of sp³-hybridized carbons (Fsp3) is 0.800. The number of nitrogens with zero attached hydrogens (tertiary/aromatic N) is 4. The number of hydrogen-bond donors (Lipinski definition) is 2. The van der Waals surface area contributed by atoms with E-state index in [1.807, 2.05) is 0 Å². The van der Waals surface area contributed by atoms with Gasteiger partial charge < -0.3 is 16.0 Å². The van der Waals surface area contributed by atoms with Gasteiger partial charge in [0, 0.05) is 19.1 Å². The molecule has 6 nitrogen and oxygen atoms in total. The number of hydrogen-bond acceptors (Lipinski definition) is 6. The number of rotatable bonds is 10. The fourth-order valence-corrected chi connectivity index (χ4v) is 2.36. The highest BCUT2D eigenvalue weighted by molar-refractivity contribution is 5.42. The van der Waals surface area contributed by atoms with E-state index >= 15 is 0 Å². The first-order valence-electron chi connectivity index (χ1n) is 8.17. The minimum Gasteiger partial charge on any atom is -0.368 e. The van der Waals surface area contributed by atoms with Crippen molar-refractivity contribution in [3.63, 3.8) is 0 Å². The van der Waals surface area contributed by atoms with E-state index in [0.29, 0.717) is 17.9 Å². The average Bonchev–Trinajstić information content (AvgIpc) is 2.46. The molecule has 3 N–H and O–H groups in total. The SMILES string of the molecule is CCCCC(CCC)Nc1nc(N)nc(N(CC)CC)n1. The molecule has 0 aromatic carbocycles. The molecule has 1 aromatic rings. The summed E-state index contributed by atoms with van der Waals surface area (Å²) in [7, 11) is 0. The lowest BCUT2D eigenvalue weighted by Gasteiger charge is -2.21. The lowest BCUT2D eigenvalue weighted by atomic mass is 10.1.